The number of nitrogens with one attached hydrogen (secondary N) is 2. The molecule has 0 atom stereocenters. The summed E-state index contributed by atoms with van der Waals surface area (Å²) in [6.07, 6.45) is 2.98. The molecule has 0 aliphatic carbocycles. The van der Waals surface area contributed by atoms with Crippen molar-refractivity contribution >= 4 is 40.4 Å². The molecule has 0 saturated heterocycles. The number of hydrazine groups is 1. The Hall–Kier alpha value is -3.32. The second kappa shape index (κ2) is 9.75. The molecule has 0 aliphatic heterocycles. The summed E-state index contributed by atoms with van der Waals surface area (Å²) in [5.41, 5.74) is 5.46. The van der Waals surface area contributed by atoms with Gasteiger partial charge in [0.2, 0.25) is 5.91 Å². The lowest BCUT2D eigenvalue weighted by Crippen LogP contribution is -2.41. The highest BCUT2D eigenvalue weighted by Crippen LogP contribution is 2.22. The van der Waals surface area contributed by atoms with E-state index in [0.717, 1.165) is 33.8 Å². The van der Waals surface area contributed by atoms with Crippen LogP contribution in [0.4, 0.5) is 4.39 Å². The zero-order valence-electron chi connectivity index (χ0n) is 15.6. The molecule has 3 aromatic rings. The Morgan fingerprint density at radius 2 is 1.79 bits per heavy atom. The third-order valence-electron chi connectivity index (χ3n) is 4.02. The van der Waals surface area contributed by atoms with Crippen LogP contribution < -0.4 is 15.6 Å². The smallest absolute Gasteiger partial charge is 0.262 e. The molecule has 0 aliphatic rings. The minimum absolute atomic E-state index is 0.0148. The van der Waals surface area contributed by atoms with E-state index in [2.05, 4.69) is 10.9 Å². The van der Waals surface area contributed by atoms with E-state index in [1.54, 1.807) is 31.4 Å². The molecule has 0 heterocycles. The first-order valence-corrected chi connectivity index (χ1v) is 9.76. The highest BCUT2D eigenvalue weighted by atomic mass is 32.2. The first kappa shape index (κ1) is 20.4. The standard InChI is InChI=1S/C22H19FN2O3S/c1-28-18-10-9-16-12-15(6-8-17(16)13-18)7-11-21(26)24-25-22(27)14-29-20-5-3-2-4-19(20)23/h2-13H,14H2,1H3,(H,24,26)(H,25,27)/b11-7+. The molecular weight excluding hydrogens is 391 g/mol. The second-order valence-electron chi connectivity index (χ2n) is 6.06. The van der Waals surface area contributed by atoms with Gasteiger partial charge in [0.05, 0.1) is 12.9 Å². The lowest BCUT2D eigenvalue weighted by atomic mass is 10.1. The number of carbonyl (C=O) groups excluding carboxylic acids is 2. The lowest BCUT2D eigenvalue weighted by Gasteiger charge is -2.06. The summed E-state index contributed by atoms with van der Waals surface area (Å²) in [4.78, 5) is 24.1. The Morgan fingerprint density at radius 1 is 1.03 bits per heavy atom. The van der Waals surface area contributed by atoms with Gasteiger partial charge >= 0.3 is 0 Å². The summed E-state index contributed by atoms with van der Waals surface area (Å²) in [6, 6.07) is 17.7. The first-order valence-electron chi connectivity index (χ1n) is 8.77. The van der Waals surface area contributed by atoms with Crippen molar-refractivity contribution in [3.8, 4) is 5.75 Å². The molecule has 0 fully saturated rings. The molecule has 0 spiro atoms. The molecule has 3 aromatic carbocycles. The Labute approximate surface area is 171 Å². The quantitative estimate of drug-likeness (QED) is 0.367. The number of halogens is 1. The Morgan fingerprint density at radius 3 is 2.59 bits per heavy atom. The van der Waals surface area contributed by atoms with Gasteiger partial charge in [-0.1, -0.05) is 30.3 Å². The topological polar surface area (TPSA) is 67.4 Å². The molecule has 5 nitrogen and oxygen atoms in total. The highest BCUT2D eigenvalue weighted by molar-refractivity contribution is 8.00. The fourth-order valence-electron chi connectivity index (χ4n) is 2.56. The van der Waals surface area contributed by atoms with Crippen LogP contribution >= 0.6 is 11.8 Å². The number of fused-ring (bicyclic) bond motifs is 1. The molecule has 7 heteroatoms. The van der Waals surface area contributed by atoms with E-state index in [-0.39, 0.29) is 11.6 Å². The van der Waals surface area contributed by atoms with Crippen molar-refractivity contribution < 1.29 is 18.7 Å². The molecule has 3 rings (SSSR count). The summed E-state index contributed by atoms with van der Waals surface area (Å²) < 4.78 is 18.7. The van der Waals surface area contributed by atoms with Gasteiger partial charge in [0, 0.05) is 11.0 Å². The summed E-state index contributed by atoms with van der Waals surface area (Å²) in [5, 5.41) is 2.05. The molecule has 29 heavy (non-hydrogen) atoms. The Balaban J connectivity index is 1.49. The molecule has 0 bridgehead atoms. The molecule has 0 radical (unpaired) electrons. The van der Waals surface area contributed by atoms with Crippen molar-refractivity contribution in [1.29, 1.82) is 0 Å². The average Bonchev–Trinajstić information content (AvgIpc) is 2.75. The minimum Gasteiger partial charge on any atom is -0.497 e. The number of benzene rings is 3. The number of rotatable bonds is 6. The van der Waals surface area contributed by atoms with Gasteiger partial charge in [-0.25, -0.2) is 4.39 Å². The number of amides is 2. The van der Waals surface area contributed by atoms with Gasteiger partial charge in [0.15, 0.2) is 0 Å². The van der Waals surface area contributed by atoms with Crippen molar-refractivity contribution in [2.75, 3.05) is 12.9 Å². The minimum atomic E-state index is -0.468. The fraction of sp³-hybridized carbons (Fsp3) is 0.0909. The van der Waals surface area contributed by atoms with Crippen molar-refractivity contribution in [2.24, 2.45) is 0 Å². The van der Waals surface area contributed by atoms with Crippen LogP contribution in [0.3, 0.4) is 0 Å². The molecule has 2 amide bonds. The van der Waals surface area contributed by atoms with Crippen LogP contribution in [-0.4, -0.2) is 24.7 Å². The van der Waals surface area contributed by atoms with Crippen LogP contribution in [0.2, 0.25) is 0 Å². The predicted molar refractivity (Wildman–Crippen MR) is 113 cm³/mol. The Kier molecular flexibility index (Phi) is 6.86. The van der Waals surface area contributed by atoms with E-state index in [0.29, 0.717) is 4.90 Å². The molecule has 2 N–H and O–H groups in total. The van der Waals surface area contributed by atoms with Crippen LogP contribution in [0, 0.1) is 5.82 Å². The summed E-state index contributed by atoms with van der Waals surface area (Å²) in [6.45, 7) is 0. The van der Waals surface area contributed by atoms with Crippen LogP contribution in [0.5, 0.6) is 5.75 Å². The molecule has 0 unspecified atom stereocenters. The fourth-order valence-corrected chi connectivity index (χ4v) is 3.30. The molecular formula is C22H19FN2O3S. The van der Waals surface area contributed by atoms with Crippen LogP contribution in [-0.2, 0) is 9.59 Å². The van der Waals surface area contributed by atoms with Crippen LogP contribution in [0.1, 0.15) is 5.56 Å². The number of thioether (sulfide) groups is 1. The Bertz CT molecular complexity index is 1070. The van der Waals surface area contributed by atoms with Gasteiger partial charge in [0.1, 0.15) is 11.6 Å². The highest BCUT2D eigenvalue weighted by Gasteiger charge is 2.07. The molecule has 0 aromatic heterocycles. The third kappa shape index (κ3) is 5.83. The SMILES string of the molecule is COc1ccc2cc(/C=C/C(=O)NNC(=O)CSc3ccccc3F)ccc2c1. The molecule has 148 valence electrons. The van der Waals surface area contributed by atoms with E-state index in [1.165, 1.54) is 12.1 Å². The van der Waals surface area contributed by atoms with Crippen molar-refractivity contribution in [3.05, 3.63) is 78.1 Å². The summed E-state index contributed by atoms with van der Waals surface area (Å²) >= 11 is 1.06. The maximum atomic E-state index is 13.5. The predicted octanol–water partition coefficient (Wildman–Crippen LogP) is 3.94. The number of hydrogen-bond acceptors (Lipinski definition) is 4. The first-order chi connectivity index (χ1) is 14.0. The van der Waals surface area contributed by atoms with Crippen LogP contribution in [0.25, 0.3) is 16.8 Å². The van der Waals surface area contributed by atoms with Gasteiger partial charge in [-0.2, -0.15) is 0 Å². The van der Waals surface area contributed by atoms with Gasteiger partial charge in [-0.05, 0) is 52.7 Å². The number of methoxy groups -OCH3 is 1. The summed E-state index contributed by atoms with van der Waals surface area (Å²) in [5.74, 6) is -0.516. The van der Waals surface area contributed by atoms with Crippen molar-refractivity contribution in [3.63, 3.8) is 0 Å². The number of ether oxygens (including phenoxy) is 1. The van der Waals surface area contributed by atoms with Gasteiger partial charge < -0.3 is 4.74 Å². The largest absolute Gasteiger partial charge is 0.497 e. The monoisotopic (exact) mass is 410 g/mol. The van der Waals surface area contributed by atoms with Gasteiger partial charge in [-0.3, -0.25) is 20.4 Å². The van der Waals surface area contributed by atoms with Crippen molar-refractivity contribution in [2.45, 2.75) is 4.90 Å². The number of carbonyl (C=O) groups is 2. The van der Waals surface area contributed by atoms with E-state index in [1.807, 2.05) is 36.4 Å². The zero-order chi connectivity index (χ0) is 20.6. The van der Waals surface area contributed by atoms with E-state index in [4.69, 9.17) is 4.74 Å². The third-order valence-corrected chi connectivity index (χ3v) is 5.07. The molecule has 0 saturated carbocycles. The van der Waals surface area contributed by atoms with Crippen LogP contribution in [0.15, 0.2) is 71.6 Å². The van der Waals surface area contributed by atoms with E-state index >= 15 is 0 Å². The maximum absolute atomic E-state index is 13.5. The second-order valence-corrected chi connectivity index (χ2v) is 7.08. The van der Waals surface area contributed by atoms with Gasteiger partial charge in [0.25, 0.3) is 5.91 Å². The van der Waals surface area contributed by atoms with Crippen molar-refractivity contribution in [1.82, 2.24) is 10.9 Å². The van der Waals surface area contributed by atoms with Gasteiger partial charge in [-0.15, -0.1) is 11.8 Å². The summed E-state index contributed by atoms with van der Waals surface area (Å²) in [7, 11) is 1.62. The lowest BCUT2D eigenvalue weighted by molar-refractivity contribution is -0.125. The van der Waals surface area contributed by atoms with E-state index < -0.39 is 11.8 Å². The average molecular weight is 410 g/mol. The zero-order valence-corrected chi connectivity index (χ0v) is 16.5. The normalized spacial score (nSPS) is 10.8. The number of hydrogen-bond donors (Lipinski definition) is 2. The maximum Gasteiger partial charge on any atom is 0.262 e. The van der Waals surface area contributed by atoms with E-state index in [9.17, 15) is 14.0 Å².